The van der Waals surface area contributed by atoms with Crippen LogP contribution < -0.4 is 10.6 Å². The zero-order valence-corrected chi connectivity index (χ0v) is 8.99. The van der Waals surface area contributed by atoms with Gasteiger partial charge in [-0.15, -0.1) is 0 Å². The van der Waals surface area contributed by atoms with Gasteiger partial charge in [-0.3, -0.25) is 9.59 Å². The third kappa shape index (κ3) is 4.00. The van der Waals surface area contributed by atoms with Crippen LogP contribution >= 0.6 is 0 Å². The normalized spacial score (nSPS) is 9.56. The molecular weight excluding hydrogens is 208 g/mol. The number of anilines is 1. The molecule has 1 aromatic rings. The van der Waals surface area contributed by atoms with Crippen molar-refractivity contribution >= 4 is 17.5 Å². The molecule has 0 radical (unpaired) electrons. The maximum Gasteiger partial charge on any atom is 0.226 e. The molecule has 5 nitrogen and oxygen atoms in total. The van der Waals surface area contributed by atoms with Crippen LogP contribution in [0, 0.1) is 0 Å². The van der Waals surface area contributed by atoms with E-state index in [1.807, 2.05) is 0 Å². The Balaban J connectivity index is 2.40. The second-order valence-electron chi connectivity index (χ2n) is 3.30. The molecule has 0 spiro atoms. The molecule has 0 heterocycles. The van der Waals surface area contributed by atoms with E-state index in [0.29, 0.717) is 5.69 Å². The molecule has 0 saturated heterocycles. The highest BCUT2D eigenvalue weighted by Crippen LogP contribution is 2.21. The van der Waals surface area contributed by atoms with E-state index < -0.39 is 0 Å². The molecule has 0 bridgehead atoms. The van der Waals surface area contributed by atoms with Crippen LogP contribution in [0.5, 0.6) is 5.75 Å². The van der Waals surface area contributed by atoms with Crippen LogP contribution in [0.4, 0.5) is 5.69 Å². The first-order valence-corrected chi connectivity index (χ1v) is 4.92. The first-order valence-electron chi connectivity index (χ1n) is 4.92. The van der Waals surface area contributed by atoms with Crippen molar-refractivity contribution in [1.82, 2.24) is 5.32 Å². The molecule has 0 aliphatic carbocycles. The Bertz CT molecular complexity index is 391. The lowest BCUT2D eigenvalue weighted by atomic mass is 10.3. The van der Waals surface area contributed by atoms with Crippen molar-refractivity contribution in [2.75, 3.05) is 11.9 Å². The molecule has 5 heteroatoms. The summed E-state index contributed by atoms with van der Waals surface area (Å²) in [5, 5.41) is 14.4. The van der Waals surface area contributed by atoms with Gasteiger partial charge < -0.3 is 15.7 Å². The van der Waals surface area contributed by atoms with E-state index >= 15 is 0 Å². The quantitative estimate of drug-likeness (QED) is 0.661. The maximum absolute atomic E-state index is 11.4. The number of carbonyl (C=O) groups is 2. The minimum atomic E-state index is -0.254. The van der Waals surface area contributed by atoms with Gasteiger partial charge in [0.15, 0.2) is 0 Å². The average molecular weight is 222 g/mol. The van der Waals surface area contributed by atoms with Crippen molar-refractivity contribution in [2.24, 2.45) is 0 Å². The smallest absolute Gasteiger partial charge is 0.226 e. The average Bonchev–Trinajstić information content (AvgIpc) is 2.21. The van der Waals surface area contributed by atoms with Gasteiger partial charge in [-0.1, -0.05) is 12.1 Å². The fourth-order valence-corrected chi connectivity index (χ4v) is 1.14. The standard InChI is InChI=1S/C11H14N2O3/c1-8(14)12-7-6-11(16)13-9-4-2-3-5-10(9)15/h2-5,15H,6-7H2,1H3,(H,12,14)(H,13,16). The monoisotopic (exact) mass is 222 g/mol. The fraction of sp³-hybridized carbons (Fsp3) is 0.273. The summed E-state index contributed by atoms with van der Waals surface area (Å²) in [5.41, 5.74) is 0.371. The van der Waals surface area contributed by atoms with Gasteiger partial charge in [-0.25, -0.2) is 0 Å². The van der Waals surface area contributed by atoms with E-state index in [-0.39, 0.29) is 30.5 Å². The molecule has 2 amide bonds. The van der Waals surface area contributed by atoms with Crippen LogP contribution in [0.15, 0.2) is 24.3 Å². The number of phenolic OH excluding ortho intramolecular Hbond substituents is 1. The highest BCUT2D eigenvalue weighted by atomic mass is 16.3. The lowest BCUT2D eigenvalue weighted by Gasteiger charge is -2.06. The van der Waals surface area contributed by atoms with E-state index in [1.54, 1.807) is 18.2 Å². The second kappa shape index (κ2) is 5.75. The van der Waals surface area contributed by atoms with Crippen LogP contribution in [-0.4, -0.2) is 23.5 Å². The number of hydrogen-bond acceptors (Lipinski definition) is 3. The number of benzene rings is 1. The molecule has 86 valence electrons. The third-order valence-electron chi connectivity index (χ3n) is 1.90. The molecule has 0 unspecified atom stereocenters. The van der Waals surface area contributed by atoms with Gasteiger partial charge in [0.05, 0.1) is 5.69 Å². The molecule has 0 atom stereocenters. The second-order valence-corrected chi connectivity index (χ2v) is 3.30. The van der Waals surface area contributed by atoms with Gasteiger partial charge in [0, 0.05) is 19.9 Å². The van der Waals surface area contributed by atoms with Gasteiger partial charge in [-0.05, 0) is 12.1 Å². The highest BCUT2D eigenvalue weighted by molar-refractivity contribution is 5.92. The molecular formula is C11H14N2O3. The van der Waals surface area contributed by atoms with E-state index in [1.165, 1.54) is 13.0 Å². The van der Waals surface area contributed by atoms with Crippen molar-refractivity contribution in [3.05, 3.63) is 24.3 Å². The number of phenols is 1. The van der Waals surface area contributed by atoms with E-state index in [2.05, 4.69) is 10.6 Å². The number of hydrogen-bond donors (Lipinski definition) is 3. The van der Waals surface area contributed by atoms with Gasteiger partial charge in [-0.2, -0.15) is 0 Å². The van der Waals surface area contributed by atoms with E-state index in [4.69, 9.17) is 0 Å². The summed E-state index contributed by atoms with van der Waals surface area (Å²) in [5.74, 6) is -0.402. The van der Waals surface area contributed by atoms with Crippen molar-refractivity contribution in [3.63, 3.8) is 0 Å². The van der Waals surface area contributed by atoms with Gasteiger partial charge >= 0.3 is 0 Å². The molecule has 1 rings (SSSR count). The van der Waals surface area contributed by atoms with Gasteiger partial charge in [0.1, 0.15) is 5.75 Å². The van der Waals surface area contributed by atoms with E-state index in [9.17, 15) is 14.7 Å². The first-order chi connectivity index (χ1) is 7.59. The third-order valence-corrected chi connectivity index (χ3v) is 1.90. The van der Waals surface area contributed by atoms with Gasteiger partial charge in [0.25, 0.3) is 0 Å². The summed E-state index contributed by atoms with van der Waals surface area (Å²) in [6, 6.07) is 6.47. The molecule has 0 fully saturated rings. The Hall–Kier alpha value is -2.04. The van der Waals surface area contributed by atoms with Crippen molar-refractivity contribution in [2.45, 2.75) is 13.3 Å². The minimum Gasteiger partial charge on any atom is -0.506 e. The summed E-state index contributed by atoms with van der Waals surface area (Å²) in [4.78, 5) is 21.9. The number of carbonyl (C=O) groups excluding carboxylic acids is 2. The van der Waals surface area contributed by atoms with Crippen LogP contribution in [0.2, 0.25) is 0 Å². The molecule has 3 N–H and O–H groups in total. The summed E-state index contributed by atoms with van der Waals surface area (Å²) >= 11 is 0. The summed E-state index contributed by atoms with van der Waals surface area (Å²) < 4.78 is 0. The van der Waals surface area contributed by atoms with Crippen LogP contribution in [0.1, 0.15) is 13.3 Å². The fourth-order valence-electron chi connectivity index (χ4n) is 1.14. The Morgan fingerprint density at radius 1 is 1.31 bits per heavy atom. The number of nitrogens with one attached hydrogen (secondary N) is 2. The lowest BCUT2D eigenvalue weighted by Crippen LogP contribution is -2.25. The van der Waals surface area contributed by atoms with Crippen LogP contribution in [-0.2, 0) is 9.59 Å². The molecule has 16 heavy (non-hydrogen) atoms. The lowest BCUT2D eigenvalue weighted by molar-refractivity contribution is -0.119. The van der Waals surface area contributed by atoms with Gasteiger partial charge in [0.2, 0.25) is 11.8 Å². The van der Waals surface area contributed by atoms with Crippen LogP contribution in [0.25, 0.3) is 0 Å². The molecule has 0 saturated carbocycles. The number of amides is 2. The summed E-state index contributed by atoms with van der Waals surface area (Å²) in [6.07, 6.45) is 0.175. The minimum absolute atomic E-state index is 0.0235. The SMILES string of the molecule is CC(=O)NCCC(=O)Nc1ccccc1O. The predicted octanol–water partition coefficient (Wildman–Crippen LogP) is 0.857. The highest BCUT2D eigenvalue weighted by Gasteiger charge is 2.05. The van der Waals surface area contributed by atoms with Crippen molar-refractivity contribution < 1.29 is 14.7 Å². The van der Waals surface area contributed by atoms with Crippen LogP contribution in [0.3, 0.4) is 0 Å². The molecule has 0 aliphatic rings. The number of rotatable bonds is 4. The molecule has 1 aromatic carbocycles. The number of aromatic hydroxyl groups is 1. The number of para-hydroxylation sites is 2. The Morgan fingerprint density at radius 2 is 2.00 bits per heavy atom. The summed E-state index contributed by atoms with van der Waals surface area (Å²) in [7, 11) is 0. The van der Waals surface area contributed by atoms with Crippen molar-refractivity contribution in [3.8, 4) is 5.75 Å². The maximum atomic E-state index is 11.4. The summed E-state index contributed by atoms with van der Waals surface area (Å²) in [6.45, 7) is 1.68. The Morgan fingerprint density at radius 3 is 2.62 bits per heavy atom. The molecule has 0 aromatic heterocycles. The Labute approximate surface area is 93.5 Å². The zero-order valence-electron chi connectivity index (χ0n) is 8.99. The first kappa shape index (κ1) is 12.0. The zero-order chi connectivity index (χ0) is 12.0. The predicted molar refractivity (Wildman–Crippen MR) is 60.0 cm³/mol. The van der Waals surface area contributed by atoms with Crippen molar-refractivity contribution in [1.29, 1.82) is 0 Å². The largest absolute Gasteiger partial charge is 0.506 e. The molecule has 0 aliphatic heterocycles. The topological polar surface area (TPSA) is 78.4 Å². The Kier molecular flexibility index (Phi) is 4.32. The van der Waals surface area contributed by atoms with E-state index in [0.717, 1.165) is 0 Å².